The van der Waals surface area contributed by atoms with Crippen molar-refractivity contribution in [1.82, 2.24) is 10.9 Å². The number of amides is 3. The van der Waals surface area contributed by atoms with Crippen molar-refractivity contribution in [2.75, 3.05) is 4.90 Å². The molecule has 9 heteroatoms. The van der Waals surface area contributed by atoms with Gasteiger partial charge in [0.25, 0.3) is 11.8 Å². The molecule has 29 heavy (non-hydrogen) atoms. The first-order valence-corrected chi connectivity index (χ1v) is 10.5. The second kappa shape index (κ2) is 7.85. The van der Waals surface area contributed by atoms with E-state index in [0.717, 1.165) is 30.2 Å². The average Bonchev–Trinajstić information content (AvgIpc) is 3.22. The van der Waals surface area contributed by atoms with Crippen LogP contribution in [0.15, 0.2) is 24.3 Å². The number of carbonyl (C=O) groups is 3. The van der Waals surface area contributed by atoms with E-state index in [1.54, 1.807) is 0 Å². The van der Waals surface area contributed by atoms with E-state index >= 15 is 0 Å². The maximum atomic E-state index is 13.4. The molecular weight excluding hydrogens is 417 g/mol. The quantitative estimate of drug-likeness (QED) is 0.571. The van der Waals surface area contributed by atoms with Crippen molar-refractivity contribution in [3.05, 3.63) is 50.4 Å². The van der Waals surface area contributed by atoms with Crippen LogP contribution in [0.2, 0.25) is 5.02 Å². The zero-order valence-electron chi connectivity index (χ0n) is 15.6. The number of benzene rings is 1. The first-order valence-electron chi connectivity index (χ1n) is 9.32. The van der Waals surface area contributed by atoms with Crippen LogP contribution in [0.5, 0.6) is 0 Å². The van der Waals surface area contributed by atoms with E-state index in [9.17, 15) is 18.8 Å². The summed E-state index contributed by atoms with van der Waals surface area (Å²) in [6.07, 6.45) is 2.95. The molecule has 1 aliphatic carbocycles. The third-order valence-electron chi connectivity index (χ3n) is 5.22. The molecule has 2 heterocycles. The molecule has 2 aliphatic rings. The van der Waals surface area contributed by atoms with Gasteiger partial charge in [-0.15, -0.1) is 11.3 Å². The summed E-state index contributed by atoms with van der Waals surface area (Å²) in [5.41, 5.74) is 6.61. The van der Waals surface area contributed by atoms with E-state index in [1.807, 2.05) is 6.07 Å². The molecule has 6 nitrogen and oxygen atoms in total. The van der Waals surface area contributed by atoms with Crippen molar-refractivity contribution in [3.63, 3.8) is 0 Å². The predicted octanol–water partition coefficient (Wildman–Crippen LogP) is 3.23. The highest BCUT2D eigenvalue weighted by molar-refractivity contribution is 7.14. The van der Waals surface area contributed by atoms with Crippen LogP contribution in [0.4, 0.5) is 10.1 Å². The van der Waals surface area contributed by atoms with Crippen LogP contribution in [0.25, 0.3) is 0 Å². The second-order valence-electron chi connectivity index (χ2n) is 7.43. The maximum absolute atomic E-state index is 13.4. The largest absolute Gasteiger partial charge is 0.286 e. The summed E-state index contributed by atoms with van der Waals surface area (Å²) in [5.74, 6) is -1.34. The topological polar surface area (TPSA) is 78.5 Å². The first kappa shape index (κ1) is 20.0. The Morgan fingerprint density at radius 1 is 1.28 bits per heavy atom. The zero-order chi connectivity index (χ0) is 20.7. The molecule has 1 aromatic carbocycles. The highest BCUT2D eigenvalue weighted by atomic mass is 35.5. The van der Waals surface area contributed by atoms with Gasteiger partial charge in [-0.2, -0.15) is 0 Å². The predicted molar refractivity (Wildman–Crippen MR) is 108 cm³/mol. The number of carbonyl (C=O) groups excluding carboxylic acids is 3. The minimum atomic E-state index is -0.898. The highest BCUT2D eigenvalue weighted by Crippen LogP contribution is 2.32. The van der Waals surface area contributed by atoms with E-state index < -0.39 is 23.7 Å². The van der Waals surface area contributed by atoms with E-state index in [1.165, 1.54) is 33.9 Å². The van der Waals surface area contributed by atoms with Gasteiger partial charge in [-0.1, -0.05) is 18.5 Å². The monoisotopic (exact) mass is 435 g/mol. The van der Waals surface area contributed by atoms with E-state index in [4.69, 9.17) is 11.6 Å². The first-order chi connectivity index (χ1) is 13.8. The summed E-state index contributed by atoms with van der Waals surface area (Å²) in [4.78, 5) is 40.2. The zero-order valence-corrected chi connectivity index (χ0v) is 17.2. The molecule has 2 N–H and O–H groups in total. The van der Waals surface area contributed by atoms with Crippen LogP contribution in [0, 0.1) is 11.7 Å². The number of nitrogens with one attached hydrogen (secondary N) is 2. The van der Waals surface area contributed by atoms with E-state index in [2.05, 4.69) is 17.8 Å². The van der Waals surface area contributed by atoms with Gasteiger partial charge in [0.2, 0.25) is 5.91 Å². The number of hydrogen-bond donors (Lipinski definition) is 2. The van der Waals surface area contributed by atoms with Crippen LogP contribution in [-0.4, -0.2) is 23.8 Å². The van der Waals surface area contributed by atoms with Crippen molar-refractivity contribution < 1.29 is 18.8 Å². The Hall–Kier alpha value is -2.29. The van der Waals surface area contributed by atoms with Crippen molar-refractivity contribution in [2.45, 2.75) is 38.6 Å². The molecule has 2 atom stereocenters. The lowest BCUT2D eigenvalue weighted by atomic mass is 9.90. The summed E-state index contributed by atoms with van der Waals surface area (Å²) in [7, 11) is 0. The van der Waals surface area contributed by atoms with E-state index in [0.29, 0.717) is 10.8 Å². The standard InChI is InChI=1S/C20H19ClFN3O3S/c1-10-2-5-16-11(6-10)7-17(29-16)19(27)24-23-15-9-18(26)25(20(15)28)12-3-4-14(22)13(21)8-12/h3-4,7-8,10,15,23H,2,5-6,9H2,1H3,(H,24,27)/t10-,15-/m0/s1. The molecule has 0 spiro atoms. The van der Waals surface area contributed by atoms with Crippen molar-refractivity contribution in [3.8, 4) is 0 Å². The maximum Gasteiger partial charge on any atom is 0.275 e. The number of aryl methyl sites for hydroxylation is 1. The lowest BCUT2D eigenvalue weighted by molar-refractivity contribution is -0.121. The highest BCUT2D eigenvalue weighted by Gasteiger charge is 2.40. The van der Waals surface area contributed by atoms with Crippen LogP contribution in [0.1, 0.15) is 39.9 Å². The molecule has 0 radical (unpaired) electrons. The van der Waals surface area contributed by atoms with E-state index in [-0.39, 0.29) is 23.0 Å². The number of thiophene rings is 1. The Morgan fingerprint density at radius 3 is 2.83 bits per heavy atom. The molecule has 1 aromatic heterocycles. The summed E-state index contributed by atoms with van der Waals surface area (Å²) >= 11 is 7.22. The molecule has 2 aromatic rings. The molecule has 152 valence electrons. The van der Waals surface area contributed by atoms with Crippen molar-refractivity contribution >= 4 is 46.3 Å². The van der Waals surface area contributed by atoms with Gasteiger partial charge in [0, 0.05) is 4.88 Å². The Bertz CT molecular complexity index is 1010. The third kappa shape index (κ3) is 3.92. The molecule has 3 amide bonds. The number of imide groups is 1. The van der Waals surface area contributed by atoms with Crippen LogP contribution in [0.3, 0.4) is 0 Å². The van der Waals surface area contributed by atoms with Crippen LogP contribution < -0.4 is 15.8 Å². The molecule has 1 fully saturated rings. The van der Waals surface area contributed by atoms with Gasteiger partial charge in [-0.25, -0.2) is 14.7 Å². The summed E-state index contributed by atoms with van der Waals surface area (Å²) in [6, 6.07) is 4.64. The Balaban J connectivity index is 1.41. The number of anilines is 1. The van der Waals surface area contributed by atoms with Gasteiger partial charge in [0.1, 0.15) is 11.9 Å². The summed E-state index contributed by atoms with van der Waals surface area (Å²) in [6.45, 7) is 2.20. The fourth-order valence-corrected chi connectivity index (χ4v) is 4.95. The summed E-state index contributed by atoms with van der Waals surface area (Å²) in [5, 5.41) is -0.177. The molecular formula is C20H19ClFN3O3S. The Morgan fingerprint density at radius 2 is 2.07 bits per heavy atom. The minimum Gasteiger partial charge on any atom is -0.286 e. The number of fused-ring (bicyclic) bond motifs is 1. The van der Waals surface area contributed by atoms with Gasteiger partial charge in [-0.3, -0.25) is 19.8 Å². The van der Waals surface area contributed by atoms with Crippen LogP contribution in [-0.2, 0) is 22.4 Å². The lowest BCUT2D eigenvalue weighted by Crippen LogP contribution is -2.48. The number of nitrogens with zero attached hydrogens (tertiary/aromatic N) is 1. The van der Waals surface area contributed by atoms with Crippen molar-refractivity contribution in [2.24, 2.45) is 5.92 Å². The smallest absolute Gasteiger partial charge is 0.275 e. The fourth-order valence-electron chi connectivity index (χ4n) is 3.67. The minimum absolute atomic E-state index is 0.118. The fraction of sp³-hybridized carbons (Fsp3) is 0.350. The Kier molecular flexibility index (Phi) is 5.42. The number of hydrogen-bond acceptors (Lipinski definition) is 5. The number of rotatable bonds is 4. The second-order valence-corrected chi connectivity index (χ2v) is 8.97. The van der Waals surface area contributed by atoms with Gasteiger partial charge >= 0.3 is 0 Å². The Labute approximate surface area is 176 Å². The molecule has 1 aliphatic heterocycles. The van der Waals surface area contributed by atoms with Gasteiger partial charge in [0.05, 0.1) is 22.0 Å². The SMILES string of the molecule is C[C@H]1CCc2sc(C(=O)NN[C@H]3CC(=O)N(c4ccc(F)c(Cl)c4)C3=O)cc2C1. The normalized spacial score (nSPS) is 21.4. The van der Waals surface area contributed by atoms with Gasteiger partial charge < -0.3 is 0 Å². The number of hydrazine groups is 1. The molecule has 0 unspecified atom stereocenters. The lowest BCUT2D eigenvalue weighted by Gasteiger charge is -2.16. The molecule has 1 saturated heterocycles. The molecule has 0 saturated carbocycles. The number of halogens is 2. The van der Waals surface area contributed by atoms with Crippen molar-refractivity contribution in [1.29, 1.82) is 0 Å². The van der Waals surface area contributed by atoms with Gasteiger partial charge in [-0.05, 0) is 55.0 Å². The van der Waals surface area contributed by atoms with Gasteiger partial charge in [0.15, 0.2) is 0 Å². The molecule has 4 rings (SSSR count). The molecule has 0 bridgehead atoms. The summed E-state index contributed by atoms with van der Waals surface area (Å²) < 4.78 is 13.4. The average molecular weight is 436 g/mol. The third-order valence-corrected chi connectivity index (χ3v) is 6.75. The van der Waals surface area contributed by atoms with Crippen LogP contribution >= 0.6 is 22.9 Å².